The van der Waals surface area contributed by atoms with Crippen LogP contribution >= 0.6 is 0 Å². The molecule has 1 atom stereocenters. The van der Waals surface area contributed by atoms with Crippen molar-refractivity contribution in [1.29, 1.82) is 0 Å². The van der Waals surface area contributed by atoms with Crippen molar-refractivity contribution in [3.63, 3.8) is 0 Å². The molecule has 4 rings (SSSR count). The first-order chi connectivity index (χ1) is 12.3. The average Bonchev–Trinajstić information content (AvgIpc) is 2.69. The van der Waals surface area contributed by atoms with Crippen LogP contribution in [-0.4, -0.2) is 16.1 Å². The third-order valence-electron chi connectivity index (χ3n) is 5.21. The number of nitrogens with two attached hydrogens (primary N) is 1. The Morgan fingerprint density at radius 3 is 2.56 bits per heavy atom. The van der Waals surface area contributed by atoms with E-state index >= 15 is 0 Å². The van der Waals surface area contributed by atoms with E-state index in [0.29, 0.717) is 5.92 Å². The van der Waals surface area contributed by atoms with Crippen molar-refractivity contribution < 1.29 is 4.74 Å². The molecule has 0 bridgehead atoms. The van der Waals surface area contributed by atoms with Gasteiger partial charge in [0.05, 0.1) is 6.10 Å². The maximum Gasteiger partial charge on any atom is 0.120 e. The van der Waals surface area contributed by atoms with Gasteiger partial charge < -0.3 is 10.5 Å². The number of pyridine rings is 2. The minimum Gasteiger partial charge on any atom is -0.490 e. The zero-order valence-corrected chi connectivity index (χ0v) is 14.2. The standard InChI is InChI=1S/C21H23N3O/c22-21(18-2-1-10-23-14-18)15-3-6-19(7-4-15)25-20-8-5-17-13-24-11-9-16(17)12-20/h1-2,5,8-15,19,21H,3-4,6-7,22H2. The molecule has 2 heterocycles. The van der Waals surface area contributed by atoms with Crippen molar-refractivity contribution in [2.24, 2.45) is 11.7 Å². The monoisotopic (exact) mass is 333 g/mol. The molecule has 1 aliphatic rings. The predicted molar refractivity (Wildman–Crippen MR) is 99.3 cm³/mol. The van der Waals surface area contributed by atoms with Gasteiger partial charge in [0.15, 0.2) is 0 Å². The SMILES string of the molecule is NC(c1cccnc1)C1CCC(Oc2ccc3cnccc3c2)CC1. The second kappa shape index (κ2) is 7.19. The number of benzene rings is 1. The summed E-state index contributed by atoms with van der Waals surface area (Å²) >= 11 is 0. The molecule has 1 fully saturated rings. The molecule has 1 aromatic carbocycles. The van der Waals surface area contributed by atoms with E-state index < -0.39 is 0 Å². The summed E-state index contributed by atoms with van der Waals surface area (Å²) in [4.78, 5) is 8.34. The van der Waals surface area contributed by atoms with Crippen molar-refractivity contribution in [2.45, 2.75) is 37.8 Å². The predicted octanol–water partition coefficient (Wildman–Crippen LogP) is 4.27. The molecule has 0 saturated heterocycles. The van der Waals surface area contributed by atoms with Crippen molar-refractivity contribution in [1.82, 2.24) is 9.97 Å². The first kappa shape index (κ1) is 16.0. The third kappa shape index (κ3) is 3.64. The first-order valence-corrected chi connectivity index (χ1v) is 8.95. The normalized spacial score (nSPS) is 21.8. The molecule has 1 aliphatic carbocycles. The molecule has 0 spiro atoms. The topological polar surface area (TPSA) is 61.0 Å². The van der Waals surface area contributed by atoms with E-state index in [1.54, 1.807) is 6.20 Å². The van der Waals surface area contributed by atoms with Crippen LogP contribution in [-0.2, 0) is 0 Å². The maximum absolute atomic E-state index is 6.44. The molecule has 4 nitrogen and oxygen atoms in total. The maximum atomic E-state index is 6.44. The van der Waals surface area contributed by atoms with Gasteiger partial charge in [-0.05, 0) is 72.9 Å². The van der Waals surface area contributed by atoms with Gasteiger partial charge in [0.25, 0.3) is 0 Å². The van der Waals surface area contributed by atoms with Crippen molar-refractivity contribution in [2.75, 3.05) is 0 Å². The lowest BCUT2D eigenvalue weighted by molar-refractivity contribution is 0.123. The smallest absolute Gasteiger partial charge is 0.120 e. The molecule has 3 aromatic rings. The molecule has 2 aromatic heterocycles. The van der Waals surface area contributed by atoms with E-state index in [4.69, 9.17) is 10.5 Å². The molecule has 0 radical (unpaired) electrons. The number of aromatic nitrogens is 2. The van der Waals surface area contributed by atoms with Crippen molar-refractivity contribution in [3.05, 3.63) is 66.7 Å². The number of hydrogen-bond donors (Lipinski definition) is 1. The van der Waals surface area contributed by atoms with Gasteiger partial charge in [0.1, 0.15) is 5.75 Å². The molecule has 0 aliphatic heterocycles. The summed E-state index contributed by atoms with van der Waals surface area (Å²) in [6.45, 7) is 0. The lowest BCUT2D eigenvalue weighted by Gasteiger charge is -2.32. The van der Waals surface area contributed by atoms with Crippen molar-refractivity contribution >= 4 is 10.8 Å². The highest BCUT2D eigenvalue weighted by Gasteiger charge is 2.27. The fourth-order valence-corrected chi connectivity index (χ4v) is 3.74. The zero-order chi connectivity index (χ0) is 17.1. The van der Waals surface area contributed by atoms with E-state index in [1.165, 1.54) is 5.39 Å². The number of ether oxygens (including phenoxy) is 1. The lowest BCUT2D eigenvalue weighted by atomic mass is 9.81. The lowest BCUT2D eigenvalue weighted by Crippen LogP contribution is -2.30. The van der Waals surface area contributed by atoms with E-state index in [0.717, 1.165) is 42.4 Å². The Labute approximate surface area is 148 Å². The Balaban J connectivity index is 1.36. The Kier molecular flexibility index (Phi) is 4.61. The Morgan fingerprint density at radius 1 is 0.920 bits per heavy atom. The minimum absolute atomic E-state index is 0.0721. The van der Waals surface area contributed by atoms with E-state index in [-0.39, 0.29) is 12.1 Å². The summed E-state index contributed by atoms with van der Waals surface area (Å²) in [6, 6.07) is 12.3. The largest absolute Gasteiger partial charge is 0.490 e. The Morgan fingerprint density at radius 2 is 1.76 bits per heavy atom. The summed E-state index contributed by atoms with van der Waals surface area (Å²) in [5.74, 6) is 1.45. The molecule has 25 heavy (non-hydrogen) atoms. The van der Waals surface area contributed by atoms with Gasteiger partial charge in [0, 0.05) is 36.2 Å². The van der Waals surface area contributed by atoms with E-state index in [9.17, 15) is 0 Å². The summed E-state index contributed by atoms with van der Waals surface area (Å²) in [7, 11) is 0. The zero-order valence-electron chi connectivity index (χ0n) is 14.2. The number of rotatable bonds is 4. The van der Waals surface area contributed by atoms with Crippen LogP contribution in [0.4, 0.5) is 0 Å². The summed E-state index contributed by atoms with van der Waals surface area (Å²) in [6.07, 6.45) is 11.9. The fraction of sp³-hybridized carbons (Fsp3) is 0.333. The van der Waals surface area contributed by atoms with Crippen LogP contribution in [0.1, 0.15) is 37.3 Å². The third-order valence-corrected chi connectivity index (χ3v) is 5.21. The second-order valence-electron chi connectivity index (χ2n) is 6.85. The van der Waals surface area contributed by atoms with Crippen LogP contribution in [0.5, 0.6) is 5.75 Å². The first-order valence-electron chi connectivity index (χ1n) is 8.95. The molecule has 0 amide bonds. The fourth-order valence-electron chi connectivity index (χ4n) is 3.74. The summed E-state index contributed by atoms with van der Waals surface area (Å²) in [5.41, 5.74) is 7.58. The Bertz CT molecular complexity index is 829. The Hall–Kier alpha value is -2.46. The van der Waals surface area contributed by atoms with Crippen LogP contribution in [0.3, 0.4) is 0 Å². The highest BCUT2D eigenvalue weighted by Crippen LogP contribution is 2.34. The molecule has 128 valence electrons. The van der Waals surface area contributed by atoms with Gasteiger partial charge >= 0.3 is 0 Å². The van der Waals surface area contributed by atoms with Gasteiger partial charge in [-0.3, -0.25) is 9.97 Å². The van der Waals surface area contributed by atoms with Gasteiger partial charge in [-0.15, -0.1) is 0 Å². The molecular weight excluding hydrogens is 310 g/mol. The highest BCUT2D eigenvalue weighted by molar-refractivity contribution is 5.82. The van der Waals surface area contributed by atoms with Crippen LogP contribution < -0.4 is 10.5 Å². The number of nitrogens with zero attached hydrogens (tertiary/aromatic N) is 2. The number of fused-ring (bicyclic) bond motifs is 1. The van der Waals surface area contributed by atoms with Crippen LogP contribution in [0.2, 0.25) is 0 Å². The van der Waals surface area contributed by atoms with Gasteiger partial charge in [-0.25, -0.2) is 0 Å². The quantitative estimate of drug-likeness (QED) is 0.774. The van der Waals surface area contributed by atoms with E-state index in [2.05, 4.69) is 28.2 Å². The molecule has 1 unspecified atom stereocenters. The minimum atomic E-state index is 0.0721. The van der Waals surface area contributed by atoms with Crippen LogP contribution in [0.25, 0.3) is 10.8 Å². The second-order valence-corrected chi connectivity index (χ2v) is 6.85. The van der Waals surface area contributed by atoms with Gasteiger partial charge in [-0.1, -0.05) is 6.07 Å². The molecular formula is C21H23N3O. The van der Waals surface area contributed by atoms with Crippen LogP contribution in [0.15, 0.2) is 61.2 Å². The van der Waals surface area contributed by atoms with Crippen molar-refractivity contribution in [3.8, 4) is 5.75 Å². The van der Waals surface area contributed by atoms with Gasteiger partial charge in [-0.2, -0.15) is 0 Å². The van der Waals surface area contributed by atoms with Gasteiger partial charge in [0.2, 0.25) is 0 Å². The number of hydrogen-bond acceptors (Lipinski definition) is 4. The summed E-state index contributed by atoms with van der Waals surface area (Å²) < 4.78 is 6.22. The molecule has 1 saturated carbocycles. The van der Waals surface area contributed by atoms with E-state index in [1.807, 2.05) is 36.8 Å². The molecule has 2 N–H and O–H groups in total. The average molecular weight is 333 g/mol. The summed E-state index contributed by atoms with van der Waals surface area (Å²) in [5, 5.41) is 2.31. The van der Waals surface area contributed by atoms with Crippen LogP contribution in [0, 0.1) is 5.92 Å². The highest BCUT2D eigenvalue weighted by atomic mass is 16.5. The molecule has 4 heteroatoms.